The molecule has 3 aromatic rings. The molecule has 0 amide bonds. The van der Waals surface area contributed by atoms with Crippen LogP contribution in [0.3, 0.4) is 0 Å². The van der Waals surface area contributed by atoms with Gasteiger partial charge in [-0.2, -0.15) is 0 Å². The Labute approximate surface area is 182 Å². The van der Waals surface area contributed by atoms with E-state index in [1.807, 2.05) is 31.5 Å². The van der Waals surface area contributed by atoms with Crippen LogP contribution in [0.4, 0.5) is 11.8 Å². The average molecular weight is 421 g/mol. The summed E-state index contributed by atoms with van der Waals surface area (Å²) in [6.07, 6.45) is 5.80. The van der Waals surface area contributed by atoms with Gasteiger partial charge in [-0.15, -0.1) is 0 Å². The van der Waals surface area contributed by atoms with Gasteiger partial charge in [-0.25, -0.2) is 15.0 Å². The van der Waals surface area contributed by atoms with Gasteiger partial charge in [-0.05, 0) is 38.3 Å². The van der Waals surface area contributed by atoms with E-state index in [1.54, 1.807) is 0 Å². The number of anilines is 2. The zero-order valence-corrected chi connectivity index (χ0v) is 18.1. The third-order valence-corrected chi connectivity index (χ3v) is 6.16. The molecule has 0 bridgehead atoms. The molecule has 5 rings (SSSR count). The van der Waals surface area contributed by atoms with Crippen LogP contribution in [-0.4, -0.2) is 59.5 Å². The molecule has 2 fully saturated rings. The largest absolute Gasteiger partial charge is 0.378 e. The van der Waals surface area contributed by atoms with Crippen LogP contribution in [0, 0.1) is 13.8 Å². The summed E-state index contributed by atoms with van der Waals surface area (Å²) >= 11 is 0. The molecule has 0 unspecified atom stereocenters. The topological polar surface area (TPSA) is 80.4 Å². The lowest BCUT2D eigenvalue weighted by atomic mass is 9.90. The zero-order valence-electron chi connectivity index (χ0n) is 18.1. The maximum absolute atomic E-state index is 5.59. The molecule has 2 aliphatic heterocycles. The first-order valence-electron chi connectivity index (χ1n) is 11.0. The molecule has 8 nitrogen and oxygen atoms in total. The van der Waals surface area contributed by atoms with Crippen LogP contribution in [0.25, 0.3) is 11.3 Å². The normalized spacial score (nSPS) is 17.9. The molecule has 162 valence electrons. The Morgan fingerprint density at radius 3 is 2.52 bits per heavy atom. The van der Waals surface area contributed by atoms with Crippen LogP contribution in [0.15, 0.2) is 35.1 Å². The molecule has 2 saturated heterocycles. The van der Waals surface area contributed by atoms with Gasteiger partial charge in [0.15, 0.2) is 5.76 Å². The van der Waals surface area contributed by atoms with Crippen molar-refractivity contribution in [2.24, 2.45) is 0 Å². The van der Waals surface area contributed by atoms with E-state index in [0.29, 0.717) is 19.1 Å². The van der Waals surface area contributed by atoms with Crippen molar-refractivity contribution in [1.29, 1.82) is 0 Å². The molecule has 2 aliphatic rings. The minimum Gasteiger partial charge on any atom is -0.378 e. The monoisotopic (exact) mass is 420 g/mol. The van der Waals surface area contributed by atoms with E-state index in [-0.39, 0.29) is 0 Å². The number of rotatable bonds is 4. The summed E-state index contributed by atoms with van der Waals surface area (Å²) in [6, 6.07) is 6.08. The molecule has 0 aromatic carbocycles. The van der Waals surface area contributed by atoms with Crippen LogP contribution >= 0.6 is 0 Å². The highest BCUT2D eigenvalue weighted by Gasteiger charge is 2.28. The van der Waals surface area contributed by atoms with Gasteiger partial charge in [-0.1, -0.05) is 11.2 Å². The molecule has 8 heteroatoms. The Kier molecular flexibility index (Phi) is 5.55. The Hall–Kier alpha value is -3.00. The smallest absolute Gasteiger partial charge is 0.225 e. The molecule has 5 heterocycles. The number of piperidine rings is 1. The first kappa shape index (κ1) is 19.9. The third-order valence-electron chi connectivity index (χ3n) is 6.16. The zero-order chi connectivity index (χ0) is 21.2. The summed E-state index contributed by atoms with van der Waals surface area (Å²) in [4.78, 5) is 18.9. The molecule has 0 spiro atoms. The van der Waals surface area contributed by atoms with Crippen molar-refractivity contribution in [1.82, 2.24) is 20.1 Å². The van der Waals surface area contributed by atoms with Crippen molar-refractivity contribution in [3.8, 4) is 11.3 Å². The maximum Gasteiger partial charge on any atom is 0.225 e. The number of hydrogen-bond donors (Lipinski definition) is 0. The second kappa shape index (κ2) is 8.63. The van der Waals surface area contributed by atoms with Gasteiger partial charge in [-0.3, -0.25) is 0 Å². The molecule has 0 atom stereocenters. The van der Waals surface area contributed by atoms with Crippen molar-refractivity contribution in [3.05, 3.63) is 47.5 Å². The first-order valence-corrected chi connectivity index (χ1v) is 11.0. The van der Waals surface area contributed by atoms with Crippen molar-refractivity contribution in [3.63, 3.8) is 0 Å². The van der Waals surface area contributed by atoms with Gasteiger partial charge in [0.2, 0.25) is 5.95 Å². The lowest BCUT2D eigenvalue weighted by molar-refractivity contribution is 0.122. The molecule has 3 aromatic heterocycles. The lowest BCUT2D eigenvalue weighted by Crippen LogP contribution is -2.38. The molecular weight excluding hydrogens is 392 g/mol. The van der Waals surface area contributed by atoms with E-state index in [2.05, 4.69) is 37.9 Å². The van der Waals surface area contributed by atoms with Crippen LogP contribution in [0.1, 0.15) is 35.7 Å². The minimum atomic E-state index is 0.337. The van der Waals surface area contributed by atoms with Gasteiger partial charge < -0.3 is 19.1 Å². The van der Waals surface area contributed by atoms with Crippen molar-refractivity contribution < 1.29 is 9.26 Å². The predicted molar refractivity (Wildman–Crippen MR) is 118 cm³/mol. The van der Waals surface area contributed by atoms with E-state index in [9.17, 15) is 0 Å². The van der Waals surface area contributed by atoms with E-state index < -0.39 is 0 Å². The van der Waals surface area contributed by atoms with Gasteiger partial charge in [0.05, 0.1) is 30.2 Å². The molecule has 31 heavy (non-hydrogen) atoms. The predicted octanol–water partition coefficient (Wildman–Crippen LogP) is 3.36. The quantitative estimate of drug-likeness (QED) is 0.636. The van der Waals surface area contributed by atoms with Crippen LogP contribution in [0.2, 0.25) is 0 Å². The Morgan fingerprint density at radius 2 is 1.81 bits per heavy atom. The van der Waals surface area contributed by atoms with Crippen LogP contribution < -0.4 is 9.80 Å². The van der Waals surface area contributed by atoms with Crippen molar-refractivity contribution >= 4 is 11.8 Å². The molecule has 0 radical (unpaired) electrons. The third kappa shape index (κ3) is 4.12. The molecule has 0 saturated carbocycles. The Balaban J connectivity index is 1.43. The molecular formula is C23H28N6O2. The summed E-state index contributed by atoms with van der Waals surface area (Å²) in [5, 5.41) is 4.08. The summed E-state index contributed by atoms with van der Waals surface area (Å²) in [7, 11) is 0. The van der Waals surface area contributed by atoms with Crippen LogP contribution in [-0.2, 0) is 4.74 Å². The van der Waals surface area contributed by atoms with E-state index in [4.69, 9.17) is 14.2 Å². The highest BCUT2D eigenvalue weighted by Crippen LogP contribution is 2.36. The second-order valence-electron chi connectivity index (χ2n) is 8.31. The summed E-state index contributed by atoms with van der Waals surface area (Å²) in [5.74, 6) is 2.94. The Bertz CT molecular complexity index is 1040. The fraction of sp³-hybridized carbons (Fsp3) is 0.478. The highest BCUT2D eigenvalue weighted by molar-refractivity contribution is 5.61. The van der Waals surface area contributed by atoms with Gasteiger partial charge in [0, 0.05) is 50.6 Å². The number of aryl methyl sites for hydroxylation is 2. The highest BCUT2D eigenvalue weighted by atomic mass is 16.5. The maximum atomic E-state index is 5.59. The lowest BCUT2D eigenvalue weighted by Gasteiger charge is -2.34. The average Bonchev–Trinajstić information content (AvgIpc) is 3.26. The van der Waals surface area contributed by atoms with E-state index in [1.165, 1.54) is 5.56 Å². The minimum absolute atomic E-state index is 0.337. The van der Waals surface area contributed by atoms with Gasteiger partial charge >= 0.3 is 0 Å². The Morgan fingerprint density at radius 1 is 1.00 bits per heavy atom. The first-order chi connectivity index (χ1) is 15.2. The fourth-order valence-corrected chi connectivity index (χ4v) is 4.47. The van der Waals surface area contributed by atoms with Crippen molar-refractivity contribution in [2.45, 2.75) is 32.6 Å². The summed E-state index contributed by atoms with van der Waals surface area (Å²) < 4.78 is 11.1. The van der Waals surface area contributed by atoms with E-state index in [0.717, 1.165) is 73.5 Å². The standard InChI is InChI=1S/C23H28N6O2/c1-16-4-3-7-24-22(16)28-8-5-18(6-9-28)21-19(20-14-17(2)27-31-20)15-25-23(26-21)29-10-12-30-13-11-29/h3-4,7,14-15,18H,5-6,8-13H2,1-2H3. The van der Waals surface area contributed by atoms with Crippen LogP contribution in [0.5, 0.6) is 0 Å². The number of hydrogen-bond acceptors (Lipinski definition) is 8. The summed E-state index contributed by atoms with van der Waals surface area (Å²) in [5.41, 5.74) is 4.09. The van der Waals surface area contributed by atoms with Gasteiger partial charge in [0.1, 0.15) is 5.82 Å². The number of morpholine rings is 1. The molecule has 0 aliphatic carbocycles. The SMILES string of the molecule is Cc1cc(-c2cnc(N3CCOCC3)nc2C2CCN(c3ncccc3C)CC2)on1. The van der Waals surface area contributed by atoms with Gasteiger partial charge in [0.25, 0.3) is 0 Å². The van der Waals surface area contributed by atoms with Crippen molar-refractivity contribution in [2.75, 3.05) is 49.2 Å². The number of ether oxygens (including phenoxy) is 1. The second-order valence-corrected chi connectivity index (χ2v) is 8.31. The number of aromatic nitrogens is 4. The summed E-state index contributed by atoms with van der Waals surface area (Å²) in [6.45, 7) is 9.02. The number of pyridine rings is 1. The fourth-order valence-electron chi connectivity index (χ4n) is 4.47. The number of nitrogens with zero attached hydrogens (tertiary/aromatic N) is 6. The van der Waals surface area contributed by atoms with E-state index >= 15 is 0 Å². The molecule has 0 N–H and O–H groups in total.